The second kappa shape index (κ2) is 2.19. The molecule has 0 aliphatic carbocycles. The summed E-state index contributed by atoms with van der Waals surface area (Å²) < 4.78 is 0. The smallest absolute Gasteiger partial charge is 0.156 e. The normalized spacial score (nSPS) is 11.3. The Hall–Kier alpha value is -0.660. The molecule has 0 aliphatic rings. The Morgan fingerprint density at radius 3 is 3.20 bits per heavy atom. The lowest BCUT2D eigenvalue weighted by atomic mass is 10.6. The molecule has 0 fully saturated rings. The molecule has 0 spiro atoms. The Bertz CT molecular complexity index is 358. The average molecular weight is 172 g/mol. The molecular weight excluding hydrogens is 169 g/mol. The van der Waals surface area contributed by atoms with Crippen LogP contribution in [0.1, 0.15) is 0 Å². The fraction of sp³-hybridized carbons (Fsp3) is 0. The molecule has 0 unspecified atom stereocenters. The van der Waals surface area contributed by atoms with Crippen LogP contribution >= 0.6 is 19.8 Å². The van der Waals surface area contributed by atoms with Crippen LogP contribution in [0.4, 0.5) is 0 Å². The zero-order chi connectivity index (χ0) is 6.97. The molecule has 5 heteroatoms. The molecule has 3 nitrogen and oxygen atoms in total. The lowest BCUT2D eigenvalue weighted by Crippen LogP contribution is -1.78. The van der Waals surface area contributed by atoms with E-state index in [0.29, 0.717) is 5.15 Å². The summed E-state index contributed by atoms with van der Waals surface area (Å²) in [4.78, 5) is 10.8. The highest BCUT2D eigenvalue weighted by molar-refractivity contribution is 7.35. The van der Waals surface area contributed by atoms with E-state index in [-0.39, 0.29) is 0 Å². The molecule has 0 atom stereocenters. The summed E-state index contributed by atoms with van der Waals surface area (Å²) in [6, 6.07) is 0. The minimum atomic E-state index is 0.492. The van der Waals surface area contributed by atoms with Gasteiger partial charge in [-0.2, -0.15) is 0 Å². The summed E-state index contributed by atoms with van der Waals surface area (Å²) in [5.74, 6) is 1.88. The van der Waals surface area contributed by atoms with Gasteiger partial charge < -0.3 is 4.98 Å². The molecule has 10 heavy (non-hydrogen) atoms. The summed E-state index contributed by atoms with van der Waals surface area (Å²) in [5.41, 5.74) is 0.839. The molecule has 2 heterocycles. The molecule has 50 valence electrons. The number of H-pyrrole nitrogens is 1. The SMILES string of the molecule is Clc1ncnc2pc[nH]c12. The number of hydrogen-bond acceptors (Lipinski definition) is 2. The predicted molar refractivity (Wildman–Crippen MR) is 41.4 cm³/mol. The second-order valence-corrected chi connectivity index (χ2v) is 3.06. The van der Waals surface area contributed by atoms with Crippen LogP contribution in [0, 0.1) is 0 Å². The summed E-state index contributed by atoms with van der Waals surface area (Å²) in [7, 11) is 1.06. The molecule has 2 aromatic rings. The van der Waals surface area contributed by atoms with Crippen molar-refractivity contribution in [3.8, 4) is 0 Å². The fourth-order valence-corrected chi connectivity index (χ4v) is 1.72. The standard InChI is InChI=1S/C5H3ClN3P/c6-4-3-5(8-1-7-4)10-2-9-3/h1-2,9H. The maximum absolute atomic E-state index is 5.73. The fourth-order valence-electron chi connectivity index (χ4n) is 0.736. The number of aromatic amines is 1. The summed E-state index contributed by atoms with van der Waals surface area (Å²) in [5, 5.41) is 1.44. The third kappa shape index (κ3) is 0.789. The molecule has 2 rings (SSSR count). The first-order chi connectivity index (χ1) is 4.88. The summed E-state index contributed by atoms with van der Waals surface area (Å²) in [6.07, 6.45) is 1.47. The lowest BCUT2D eigenvalue weighted by Gasteiger charge is -1.87. The first kappa shape index (κ1) is 6.08. The lowest BCUT2D eigenvalue weighted by molar-refractivity contribution is 1.22. The Kier molecular flexibility index (Phi) is 1.33. The van der Waals surface area contributed by atoms with Gasteiger partial charge in [0.05, 0.1) is 0 Å². The number of rotatable bonds is 0. The highest BCUT2D eigenvalue weighted by Gasteiger charge is 1.99. The van der Waals surface area contributed by atoms with Gasteiger partial charge in [-0.1, -0.05) is 11.6 Å². The van der Waals surface area contributed by atoms with Crippen molar-refractivity contribution in [2.45, 2.75) is 0 Å². The number of hydrogen-bond donors (Lipinski definition) is 1. The Morgan fingerprint density at radius 2 is 2.40 bits per heavy atom. The van der Waals surface area contributed by atoms with Crippen LogP contribution in [0.25, 0.3) is 10.8 Å². The quantitative estimate of drug-likeness (QED) is 0.618. The first-order valence-corrected chi connectivity index (χ1v) is 4.01. The van der Waals surface area contributed by atoms with Crippen molar-refractivity contribution < 1.29 is 0 Å². The minimum absolute atomic E-state index is 0.492. The van der Waals surface area contributed by atoms with Crippen LogP contribution in [0.5, 0.6) is 0 Å². The van der Waals surface area contributed by atoms with Crippen LogP contribution in [-0.2, 0) is 0 Å². The molecule has 0 saturated heterocycles. The zero-order valence-electron chi connectivity index (χ0n) is 4.87. The van der Waals surface area contributed by atoms with Crippen molar-refractivity contribution in [1.82, 2.24) is 15.0 Å². The molecule has 0 radical (unpaired) electrons. The van der Waals surface area contributed by atoms with Gasteiger partial charge in [0.15, 0.2) is 5.15 Å². The van der Waals surface area contributed by atoms with E-state index in [4.69, 9.17) is 11.6 Å². The third-order valence-electron chi connectivity index (χ3n) is 1.18. The number of aromatic nitrogens is 3. The van der Waals surface area contributed by atoms with Crippen LogP contribution in [0.15, 0.2) is 12.3 Å². The van der Waals surface area contributed by atoms with E-state index in [9.17, 15) is 0 Å². The van der Waals surface area contributed by atoms with Crippen molar-refractivity contribution >= 4 is 30.6 Å². The average Bonchev–Trinajstić information content (AvgIpc) is 2.36. The highest BCUT2D eigenvalue weighted by atomic mass is 35.5. The molecule has 0 aromatic carbocycles. The Morgan fingerprint density at radius 1 is 1.50 bits per heavy atom. The predicted octanol–water partition coefficient (Wildman–Crippen LogP) is 2.19. The van der Waals surface area contributed by atoms with Gasteiger partial charge in [-0.05, 0) is 8.19 Å². The van der Waals surface area contributed by atoms with Crippen molar-refractivity contribution in [1.29, 1.82) is 0 Å². The van der Waals surface area contributed by atoms with E-state index >= 15 is 0 Å². The number of nitrogens with zero attached hydrogens (tertiary/aromatic N) is 2. The molecule has 0 aliphatic heterocycles. The molecule has 0 amide bonds. The molecule has 0 bridgehead atoms. The van der Waals surface area contributed by atoms with E-state index < -0.39 is 0 Å². The third-order valence-corrected chi connectivity index (χ3v) is 2.31. The van der Waals surface area contributed by atoms with Gasteiger partial charge in [-0.25, -0.2) is 9.97 Å². The molecule has 1 N–H and O–H groups in total. The first-order valence-electron chi connectivity index (χ1n) is 2.67. The van der Waals surface area contributed by atoms with E-state index in [1.807, 2.05) is 5.93 Å². The van der Waals surface area contributed by atoms with Crippen molar-refractivity contribution in [3.05, 3.63) is 17.4 Å². The highest BCUT2D eigenvalue weighted by Crippen LogP contribution is 2.23. The van der Waals surface area contributed by atoms with Crippen LogP contribution in [-0.4, -0.2) is 15.0 Å². The van der Waals surface area contributed by atoms with Gasteiger partial charge >= 0.3 is 0 Å². The van der Waals surface area contributed by atoms with E-state index in [0.717, 1.165) is 19.0 Å². The van der Waals surface area contributed by atoms with Gasteiger partial charge in [0, 0.05) is 5.93 Å². The van der Waals surface area contributed by atoms with Crippen LogP contribution in [0.2, 0.25) is 5.15 Å². The number of fused-ring (bicyclic) bond motifs is 1. The van der Waals surface area contributed by atoms with Crippen molar-refractivity contribution in [3.63, 3.8) is 0 Å². The van der Waals surface area contributed by atoms with Gasteiger partial charge in [-0.15, -0.1) is 0 Å². The summed E-state index contributed by atoms with van der Waals surface area (Å²) in [6.45, 7) is 0. The second-order valence-electron chi connectivity index (χ2n) is 1.77. The zero-order valence-corrected chi connectivity index (χ0v) is 6.52. The largest absolute Gasteiger partial charge is 0.353 e. The van der Waals surface area contributed by atoms with Gasteiger partial charge in [-0.3, -0.25) is 0 Å². The van der Waals surface area contributed by atoms with E-state index in [1.165, 1.54) is 6.33 Å². The van der Waals surface area contributed by atoms with E-state index in [1.54, 1.807) is 0 Å². The Labute approximate surface area is 63.6 Å². The van der Waals surface area contributed by atoms with Gasteiger partial charge in [0.1, 0.15) is 17.1 Å². The van der Waals surface area contributed by atoms with E-state index in [2.05, 4.69) is 15.0 Å². The minimum Gasteiger partial charge on any atom is -0.353 e. The maximum atomic E-state index is 5.73. The van der Waals surface area contributed by atoms with Crippen molar-refractivity contribution in [2.75, 3.05) is 0 Å². The van der Waals surface area contributed by atoms with Crippen molar-refractivity contribution in [2.24, 2.45) is 0 Å². The van der Waals surface area contributed by atoms with Crippen LogP contribution < -0.4 is 0 Å². The molecular formula is C5H3ClN3P. The Balaban J connectivity index is 2.95. The maximum Gasteiger partial charge on any atom is 0.156 e. The topological polar surface area (TPSA) is 41.6 Å². The number of halogens is 1. The molecule has 2 aromatic heterocycles. The monoisotopic (exact) mass is 171 g/mol. The summed E-state index contributed by atoms with van der Waals surface area (Å²) >= 11 is 5.73. The van der Waals surface area contributed by atoms with Gasteiger partial charge in [0.2, 0.25) is 0 Å². The van der Waals surface area contributed by atoms with Crippen LogP contribution in [0.3, 0.4) is 0 Å². The molecule has 0 saturated carbocycles. The number of nitrogens with one attached hydrogen (secondary N) is 1. The van der Waals surface area contributed by atoms with Gasteiger partial charge in [0.25, 0.3) is 0 Å².